The van der Waals surface area contributed by atoms with Crippen molar-refractivity contribution in [2.45, 2.75) is 26.3 Å². The van der Waals surface area contributed by atoms with Gasteiger partial charge in [-0.1, -0.05) is 6.07 Å². The van der Waals surface area contributed by atoms with Crippen LogP contribution in [0.25, 0.3) is 0 Å². The van der Waals surface area contributed by atoms with E-state index in [2.05, 4.69) is 4.98 Å². The van der Waals surface area contributed by atoms with Gasteiger partial charge in [0.05, 0.1) is 12.5 Å². The Kier molecular flexibility index (Phi) is 6.09. The van der Waals surface area contributed by atoms with Crippen LogP contribution in [0.15, 0.2) is 24.5 Å². The maximum atomic E-state index is 12.7. The van der Waals surface area contributed by atoms with Crippen LogP contribution in [0.2, 0.25) is 0 Å². The van der Waals surface area contributed by atoms with Crippen molar-refractivity contribution < 1.29 is 17.9 Å². The summed E-state index contributed by atoms with van der Waals surface area (Å²) in [5, 5.41) is 0. The average molecular weight is 341 g/mol. The molecule has 0 saturated carbocycles. The summed E-state index contributed by atoms with van der Waals surface area (Å²) in [5.74, 6) is -0.701. The summed E-state index contributed by atoms with van der Waals surface area (Å²) in [4.78, 5) is 15.9. The van der Waals surface area contributed by atoms with Gasteiger partial charge in [-0.2, -0.15) is 17.0 Å². The molecule has 2 rings (SSSR count). The number of carbonyl (C=O) groups excluding carboxylic acids is 1. The normalized spacial score (nSPS) is 19.7. The van der Waals surface area contributed by atoms with Gasteiger partial charge in [0.1, 0.15) is 0 Å². The zero-order chi connectivity index (χ0) is 16.9. The smallest absolute Gasteiger partial charge is 0.310 e. The van der Waals surface area contributed by atoms with Crippen LogP contribution >= 0.6 is 0 Å². The van der Waals surface area contributed by atoms with Crippen LogP contribution in [-0.4, -0.2) is 54.7 Å². The van der Waals surface area contributed by atoms with Crippen LogP contribution in [0.4, 0.5) is 0 Å². The predicted octanol–water partition coefficient (Wildman–Crippen LogP) is 1.03. The molecule has 1 atom stereocenters. The molecule has 8 heteroatoms. The van der Waals surface area contributed by atoms with Crippen LogP contribution in [0, 0.1) is 5.92 Å². The number of rotatable bonds is 6. The number of piperidine rings is 1. The lowest BCUT2D eigenvalue weighted by Gasteiger charge is -2.33. The van der Waals surface area contributed by atoms with Gasteiger partial charge in [-0.15, -0.1) is 0 Å². The van der Waals surface area contributed by atoms with Gasteiger partial charge in [-0.3, -0.25) is 9.78 Å². The highest BCUT2D eigenvalue weighted by Gasteiger charge is 2.35. The Morgan fingerprint density at radius 2 is 2.30 bits per heavy atom. The SMILES string of the molecule is CCOC(=O)[C@@H]1CCCN(S(=O)(=O)N(C)Cc2cccnc2)C1. The molecular formula is C15H23N3O4S. The monoisotopic (exact) mass is 341 g/mol. The third-order valence-electron chi connectivity index (χ3n) is 3.85. The van der Waals surface area contributed by atoms with Gasteiger partial charge < -0.3 is 4.74 Å². The van der Waals surface area contributed by atoms with Gasteiger partial charge in [-0.05, 0) is 31.4 Å². The first kappa shape index (κ1) is 17.8. The number of ether oxygens (including phenoxy) is 1. The molecule has 0 N–H and O–H groups in total. The average Bonchev–Trinajstić information content (AvgIpc) is 2.56. The minimum absolute atomic E-state index is 0.179. The topological polar surface area (TPSA) is 79.8 Å². The van der Waals surface area contributed by atoms with E-state index in [4.69, 9.17) is 4.74 Å². The lowest BCUT2D eigenvalue weighted by Crippen LogP contribution is -2.48. The van der Waals surface area contributed by atoms with E-state index in [-0.39, 0.29) is 25.0 Å². The van der Waals surface area contributed by atoms with Gasteiger partial charge in [0, 0.05) is 39.1 Å². The third kappa shape index (κ3) is 4.49. The molecule has 0 aliphatic carbocycles. The van der Waals surface area contributed by atoms with E-state index in [1.165, 1.54) is 15.7 Å². The standard InChI is InChI=1S/C15H23N3O4S/c1-3-22-15(19)14-7-5-9-18(12-14)23(20,21)17(2)11-13-6-4-8-16-10-13/h4,6,8,10,14H,3,5,7,9,11-12H2,1-2H3/t14-/m1/s1. The van der Waals surface area contributed by atoms with Gasteiger partial charge in [-0.25, -0.2) is 0 Å². The minimum atomic E-state index is -3.61. The van der Waals surface area contributed by atoms with Crippen molar-refractivity contribution in [3.05, 3.63) is 30.1 Å². The first-order chi connectivity index (χ1) is 10.9. The van der Waals surface area contributed by atoms with Crippen molar-refractivity contribution in [3.8, 4) is 0 Å². The summed E-state index contributed by atoms with van der Waals surface area (Å²) in [6.07, 6.45) is 4.61. The fourth-order valence-corrected chi connectivity index (χ4v) is 4.07. The summed E-state index contributed by atoms with van der Waals surface area (Å²) in [6, 6.07) is 3.60. The highest BCUT2D eigenvalue weighted by atomic mass is 32.2. The minimum Gasteiger partial charge on any atom is -0.466 e. The summed E-state index contributed by atoms with van der Waals surface area (Å²) < 4.78 is 33.1. The van der Waals surface area contributed by atoms with Gasteiger partial charge >= 0.3 is 5.97 Å². The number of pyridine rings is 1. The number of carbonyl (C=O) groups is 1. The molecule has 23 heavy (non-hydrogen) atoms. The lowest BCUT2D eigenvalue weighted by atomic mass is 10.0. The zero-order valence-corrected chi connectivity index (χ0v) is 14.3. The van der Waals surface area contributed by atoms with E-state index in [1.807, 2.05) is 6.07 Å². The fourth-order valence-electron chi connectivity index (χ4n) is 2.63. The molecule has 128 valence electrons. The van der Waals surface area contributed by atoms with Crippen molar-refractivity contribution in [1.29, 1.82) is 0 Å². The Morgan fingerprint density at radius 3 is 2.96 bits per heavy atom. The molecule has 7 nitrogen and oxygen atoms in total. The Hall–Kier alpha value is -1.51. The summed E-state index contributed by atoms with van der Waals surface area (Å²) in [7, 11) is -2.07. The Labute approximate surface area is 137 Å². The second-order valence-electron chi connectivity index (χ2n) is 5.57. The molecule has 1 aliphatic rings. The number of nitrogens with zero attached hydrogens (tertiary/aromatic N) is 3. The third-order valence-corrected chi connectivity index (χ3v) is 5.75. The Balaban J connectivity index is 2.04. The number of hydrogen-bond donors (Lipinski definition) is 0. The van der Waals surface area contributed by atoms with Crippen LogP contribution < -0.4 is 0 Å². The number of hydrogen-bond acceptors (Lipinski definition) is 5. The van der Waals surface area contributed by atoms with E-state index in [0.29, 0.717) is 26.0 Å². The first-order valence-electron chi connectivity index (χ1n) is 7.72. The molecule has 1 saturated heterocycles. The predicted molar refractivity (Wildman–Crippen MR) is 85.6 cm³/mol. The van der Waals surface area contributed by atoms with Crippen LogP contribution in [0.1, 0.15) is 25.3 Å². The molecule has 0 aromatic carbocycles. The van der Waals surface area contributed by atoms with E-state index in [0.717, 1.165) is 5.56 Å². The number of aromatic nitrogens is 1. The van der Waals surface area contributed by atoms with Crippen LogP contribution in [-0.2, 0) is 26.3 Å². The second-order valence-corrected chi connectivity index (χ2v) is 7.61. The fraction of sp³-hybridized carbons (Fsp3) is 0.600. The highest BCUT2D eigenvalue weighted by Crippen LogP contribution is 2.22. The summed E-state index contributed by atoms with van der Waals surface area (Å²) in [5.41, 5.74) is 0.817. The molecular weight excluding hydrogens is 318 g/mol. The van der Waals surface area contributed by atoms with Gasteiger partial charge in [0.25, 0.3) is 10.2 Å². The molecule has 0 bridgehead atoms. The molecule has 1 aliphatic heterocycles. The van der Waals surface area contributed by atoms with Crippen LogP contribution in [0.3, 0.4) is 0 Å². The second kappa shape index (κ2) is 7.85. The van der Waals surface area contributed by atoms with Crippen LogP contribution in [0.5, 0.6) is 0 Å². The van der Waals surface area contributed by atoms with Gasteiger partial charge in [0.15, 0.2) is 0 Å². The Morgan fingerprint density at radius 1 is 1.52 bits per heavy atom. The molecule has 1 aromatic heterocycles. The number of esters is 1. The summed E-state index contributed by atoms with van der Waals surface area (Å²) >= 11 is 0. The molecule has 1 fully saturated rings. The van der Waals surface area contributed by atoms with Crippen molar-refractivity contribution in [1.82, 2.24) is 13.6 Å². The van der Waals surface area contributed by atoms with Gasteiger partial charge in [0.2, 0.25) is 0 Å². The van der Waals surface area contributed by atoms with E-state index < -0.39 is 10.2 Å². The van der Waals surface area contributed by atoms with E-state index in [1.54, 1.807) is 25.4 Å². The molecule has 1 aromatic rings. The molecule has 0 amide bonds. The maximum absolute atomic E-state index is 12.7. The lowest BCUT2D eigenvalue weighted by molar-refractivity contribution is -0.149. The zero-order valence-electron chi connectivity index (χ0n) is 13.5. The van der Waals surface area contributed by atoms with Crippen molar-refractivity contribution in [2.75, 3.05) is 26.7 Å². The summed E-state index contributed by atoms with van der Waals surface area (Å²) in [6.45, 7) is 2.91. The maximum Gasteiger partial charge on any atom is 0.310 e. The molecule has 0 unspecified atom stereocenters. The largest absolute Gasteiger partial charge is 0.466 e. The molecule has 2 heterocycles. The van der Waals surface area contributed by atoms with Crippen molar-refractivity contribution >= 4 is 16.2 Å². The van der Waals surface area contributed by atoms with Crippen molar-refractivity contribution in [2.24, 2.45) is 5.92 Å². The van der Waals surface area contributed by atoms with E-state index in [9.17, 15) is 13.2 Å². The van der Waals surface area contributed by atoms with Crippen molar-refractivity contribution in [3.63, 3.8) is 0 Å². The Bertz CT molecular complexity index is 621. The highest BCUT2D eigenvalue weighted by molar-refractivity contribution is 7.86. The molecule has 0 radical (unpaired) electrons. The quantitative estimate of drug-likeness (QED) is 0.722. The first-order valence-corrected chi connectivity index (χ1v) is 9.11. The molecule has 0 spiro atoms. The van der Waals surface area contributed by atoms with E-state index >= 15 is 0 Å².